The molecule has 158 valence electrons. The summed E-state index contributed by atoms with van der Waals surface area (Å²) in [6, 6.07) is 21.0. The highest BCUT2D eigenvalue weighted by Gasteiger charge is 2.22. The molecule has 0 spiro atoms. The van der Waals surface area contributed by atoms with Crippen molar-refractivity contribution in [3.63, 3.8) is 0 Å². The fourth-order valence-electron chi connectivity index (χ4n) is 3.76. The van der Waals surface area contributed by atoms with Crippen molar-refractivity contribution < 1.29 is 4.79 Å². The zero-order valence-corrected chi connectivity index (χ0v) is 18.9. The molecule has 1 aromatic heterocycles. The van der Waals surface area contributed by atoms with E-state index in [1.54, 1.807) is 6.07 Å². The molecule has 1 heterocycles. The highest BCUT2D eigenvalue weighted by atomic mass is 35.5. The van der Waals surface area contributed by atoms with Gasteiger partial charge in [-0.25, -0.2) is 4.98 Å². The number of halogens is 2. The molecular weight excluding hydrogens is 429 g/mol. The average molecular weight is 452 g/mol. The van der Waals surface area contributed by atoms with Gasteiger partial charge in [0.25, 0.3) is 5.91 Å². The highest BCUT2D eigenvalue weighted by molar-refractivity contribution is 6.42. The molecular formula is C25H23Cl2N3O. The number of rotatable bonds is 6. The van der Waals surface area contributed by atoms with Crippen LogP contribution in [0.15, 0.2) is 66.7 Å². The number of carbonyl (C=O) groups excluding carboxylic acids is 1. The van der Waals surface area contributed by atoms with Crippen molar-refractivity contribution in [3.05, 3.63) is 99.3 Å². The van der Waals surface area contributed by atoms with Crippen molar-refractivity contribution in [2.45, 2.75) is 32.9 Å². The molecule has 0 aliphatic rings. The van der Waals surface area contributed by atoms with Gasteiger partial charge in [0.15, 0.2) is 0 Å². The predicted molar refractivity (Wildman–Crippen MR) is 127 cm³/mol. The first-order valence-electron chi connectivity index (χ1n) is 10.2. The highest BCUT2D eigenvalue weighted by Crippen LogP contribution is 2.27. The van der Waals surface area contributed by atoms with Crippen molar-refractivity contribution in [3.8, 4) is 0 Å². The zero-order valence-electron chi connectivity index (χ0n) is 17.4. The van der Waals surface area contributed by atoms with E-state index in [1.807, 2.05) is 74.5 Å². The summed E-state index contributed by atoms with van der Waals surface area (Å²) in [7, 11) is 0. The molecule has 31 heavy (non-hydrogen) atoms. The summed E-state index contributed by atoms with van der Waals surface area (Å²) in [5.41, 5.74) is 4.53. The van der Waals surface area contributed by atoms with E-state index in [9.17, 15) is 4.79 Å². The fraction of sp³-hybridized carbons (Fsp3) is 0.200. The first-order valence-corrected chi connectivity index (χ1v) is 11.0. The van der Waals surface area contributed by atoms with Crippen LogP contribution in [-0.4, -0.2) is 15.5 Å². The molecule has 0 saturated heterocycles. The van der Waals surface area contributed by atoms with Crippen LogP contribution in [0.1, 0.15) is 46.7 Å². The Morgan fingerprint density at radius 1 is 1.03 bits per heavy atom. The van der Waals surface area contributed by atoms with Gasteiger partial charge in [-0.15, -0.1) is 0 Å². The maximum atomic E-state index is 13.0. The smallest absolute Gasteiger partial charge is 0.252 e. The molecule has 1 unspecified atom stereocenters. The first-order chi connectivity index (χ1) is 15.0. The number of carbonyl (C=O) groups is 1. The van der Waals surface area contributed by atoms with Crippen LogP contribution in [0, 0.1) is 6.92 Å². The molecule has 1 amide bonds. The summed E-state index contributed by atoms with van der Waals surface area (Å²) in [6.45, 7) is 4.56. The van der Waals surface area contributed by atoms with Crippen LogP contribution >= 0.6 is 23.2 Å². The molecule has 4 rings (SSSR count). The number of hydrogen-bond acceptors (Lipinski definition) is 2. The van der Waals surface area contributed by atoms with Crippen LogP contribution in [0.4, 0.5) is 0 Å². The van der Waals surface area contributed by atoms with Crippen LogP contribution in [0.25, 0.3) is 11.0 Å². The van der Waals surface area contributed by atoms with Gasteiger partial charge in [0.1, 0.15) is 5.82 Å². The topological polar surface area (TPSA) is 46.9 Å². The average Bonchev–Trinajstić information content (AvgIpc) is 3.13. The summed E-state index contributed by atoms with van der Waals surface area (Å²) in [5.74, 6) is 0.717. The van der Waals surface area contributed by atoms with Gasteiger partial charge in [-0.1, -0.05) is 66.5 Å². The third-order valence-corrected chi connectivity index (χ3v) is 6.16. The van der Waals surface area contributed by atoms with Crippen molar-refractivity contribution in [2.24, 2.45) is 0 Å². The van der Waals surface area contributed by atoms with E-state index in [-0.39, 0.29) is 11.9 Å². The Morgan fingerprint density at radius 3 is 2.52 bits per heavy atom. The number of nitrogens with zero attached hydrogens (tertiary/aromatic N) is 2. The molecule has 0 saturated carbocycles. The van der Waals surface area contributed by atoms with Gasteiger partial charge < -0.3 is 9.88 Å². The third kappa shape index (κ3) is 4.46. The lowest BCUT2D eigenvalue weighted by Crippen LogP contribution is -2.30. The molecule has 4 aromatic rings. The van der Waals surface area contributed by atoms with Gasteiger partial charge >= 0.3 is 0 Å². The number of amides is 1. The maximum absolute atomic E-state index is 13.0. The zero-order chi connectivity index (χ0) is 22.0. The number of aryl methyl sites for hydroxylation is 1. The largest absolute Gasteiger partial charge is 0.342 e. The number of nitrogens with one attached hydrogen (secondary N) is 1. The second-order valence-corrected chi connectivity index (χ2v) is 8.36. The van der Waals surface area contributed by atoms with Gasteiger partial charge in [-0.05, 0) is 54.8 Å². The van der Waals surface area contributed by atoms with E-state index in [2.05, 4.69) is 9.88 Å². The minimum absolute atomic E-state index is 0.0990. The van der Waals surface area contributed by atoms with Crippen LogP contribution < -0.4 is 5.32 Å². The lowest BCUT2D eigenvalue weighted by molar-refractivity contribution is 0.0932. The minimum atomic E-state index is -0.234. The quantitative estimate of drug-likeness (QED) is 0.359. The summed E-state index contributed by atoms with van der Waals surface area (Å²) >= 11 is 12.3. The van der Waals surface area contributed by atoms with Crippen molar-refractivity contribution in [1.29, 1.82) is 0 Å². The monoisotopic (exact) mass is 451 g/mol. The van der Waals surface area contributed by atoms with Crippen LogP contribution in [0.5, 0.6) is 0 Å². The van der Waals surface area contributed by atoms with Crippen LogP contribution in [0.3, 0.4) is 0 Å². The van der Waals surface area contributed by atoms with Gasteiger partial charge in [0.05, 0.1) is 27.1 Å². The number of fused-ring (bicyclic) bond motifs is 1. The van der Waals surface area contributed by atoms with E-state index in [1.165, 1.54) is 0 Å². The summed E-state index contributed by atoms with van der Waals surface area (Å²) in [5, 5.41) is 4.22. The minimum Gasteiger partial charge on any atom is -0.342 e. The van der Waals surface area contributed by atoms with E-state index < -0.39 is 0 Å². The second kappa shape index (κ2) is 9.13. The summed E-state index contributed by atoms with van der Waals surface area (Å²) in [6.07, 6.45) is 0.711. The lowest BCUT2D eigenvalue weighted by atomic mass is 10.1. The molecule has 4 nitrogen and oxygen atoms in total. The fourth-order valence-corrected chi connectivity index (χ4v) is 4.08. The number of imidazole rings is 1. The molecule has 0 fully saturated rings. The van der Waals surface area contributed by atoms with Gasteiger partial charge in [0.2, 0.25) is 0 Å². The SMILES string of the molecule is CCC(NC(=O)c1ccccc1C)c1nc2ccccc2n1Cc1ccc(Cl)c(Cl)c1. The molecule has 3 aromatic carbocycles. The lowest BCUT2D eigenvalue weighted by Gasteiger charge is -2.19. The number of para-hydroxylation sites is 2. The van der Waals surface area contributed by atoms with Crippen LogP contribution in [0.2, 0.25) is 10.0 Å². The molecule has 1 atom stereocenters. The Bertz CT molecular complexity index is 1250. The van der Waals surface area contributed by atoms with Crippen molar-refractivity contribution in [2.75, 3.05) is 0 Å². The number of hydrogen-bond donors (Lipinski definition) is 1. The summed E-state index contributed by atoms with van der Waals surface area (Å²) in [4.78, 5) is 17.9. The molecule has 0 bridgehead atoms. The van der Waals surface area contributed by atoms with E-state index in [0.29, 0.717) is 28.6 Å². The molecule has 0 aliphatic carbocycles. The Balaban J connectivity index is 1.73. The van der Waals surface area contributed by atoms with E-state index in [4.69, 9.17) is 28.2 Å². The first kappa shape index (κ1) is 21.4. The van der Waals surface area contributed by atoms with Gasteiger partial charge in [-0.2, -0.15) is 0 Å². The number of benzene rings is 3. The van der Waals surface area contributed by atoms with Crippen molar-refractivity contribution >= 4 is 40.1 Å². The van der Waals surface area contributed by atoms with E-state index >= 15 is 0 Å². The standard InChI is InChI=1S/C25H23Cl2N3O/c1-3-21(29-25(31)18-9-5-4-8-16(18)2)24-28-22-10-6-7-11-23(22)30(24)15-17-12-13-19(26)20(27)14-17/h4-14,21H,3,15H2,1-2H3,(H,29,31). The molecule has 0 aliphatic heterocycles. The Morgan fingerprint density at radius 2 is 1.77 bits per heavy atom. The Hall–Kier alpha value is -2.82. The second-order valence-electron chi connectivity index (χ2n) is 7.54. The van der Waals surface area contributed by atoms with E-state index in [0.717, 1.165) is 28.0 Å². The van der Waals surface area contributed by atoms with Crippen LogP contribution in [-0.2, 0) is 6.54 Å². The third-order valence-electron chi connectivity index (χ3n) is 5.42. The normalized spacial score (nSPS) is 12.1. The molecule has 0 radical (unpaired) electrons. The molecule has 6 heteroatoms. The van der Waals surface area contributed by atoms with Gasteiger partial charge in [0, 0.05) is 12.1 Å². The van der Waals surface area contributed by atoms with Crippen molar-refractivity contribution in [1.82, 2.24) is 14.9 Å². The Labute approximate surface area is 191 Å². The van der Waals surface area contributed by atoms with Gasteiger partial charge in [-0.3, -0.25) is 4.79 Å². The number of aromatic nitrogens is 2. The molecule has 1 N–H and O–H groups in total. The maximum Gasteiger partial charge on any atom is 0.252 e. The summed E-state index contributed by atoms with van der Waals surface area (Å²) < 4.78 is 2.14. The predicted octanol–water partition coefficient (Wildman–Crippen LogP) is 6.58. The Kier molecular flexibility index (Phi) is 6.30.